The molecule has 0 aliphatic heterocycles. The Morgan fingerprint density at radius 1 is 1.42 bits per heavy atom. The number of aryl methyl sites for hydroxylation is 1. The normalized spacial score (nSPS) is 10.4. The van der Waals surface area contributed by atoms with Crippen molar-refractivity contribution >= 4 is 11.5 Å². The van der Waals surface area contributed by atoms with E-state index >= 15 is 0 Å². The topological polar surface area (TPSA) is 86.5 Å². The second kappa shape index (κ2) is 8.39. The molecule has 1 aromatic heterocycles. The van der Waals surface area contributed by atoms with Crippen molar-refractivity contribution < 1.29 is 14.4 Å². The number of methoxy groups -OCH3 is 1. The van der Waals surface area contributed by atoms with Gasteiger partial charge in [0.1, 0.15) is 5.82 Å². The van der Waals surface area contributed by atoms with E-state index in [-0.39, 0.29) is 5.69 Å². The van der Waals surface area contributed by atoms with Crippen LogP contribution in [0.3, 0.4) is 0 Å². The Morgan fingerprint density at radius 2 is 2.21 bits per heavy atom. The third kappa shape index (κ3) is 5.62. The average molecular weight is 269 g/mol. The molecule has 19 heavy (non-hydrogen) atoms. The summed E-state index contributed by atoms with van der Waals surface area (Å²) >= 11 is 0. The molecule has 0 aliphatic rings. The van der Waals surface area contributed by atoms with Crippen LogP contribution in [0.5, 0.6) is 0 Å². The lowest BCUT2D eigenvalue weighted by Crippen LogP contribution is -2.09. The minimum atomic E-state index is -0.407. The number of hydrogen-bond acceptors (Lipinski definition) is 6. The number of aromatic nitrogens is 1. The van der Waals surface area contributed by atoms with Crippen LogP contribution in [0.25, 0.3) is 0 Å². The summed E-state index contributed by atoms with van der Waals surface area (Å²) in [6.45, 7) is 4.09. The van der Waals surface area contributed by atoms with Crippen molar-refractivity contribution in [2.24, 2.45) is 0 Å². The van der Waals surface area contributed by atoms with Crippen LogP contribution in [0.2, 0.25) is 0 Å². The smallest absolute Gasteiger partial charge is 0.277 e. The highest BCUT2D eigenvalue weighted by atomic mass is 16.6. The summed E-state index contributed by atoms with van der Waals surface area (Å²) < 4.78 is 10.1. The molecular formula is C12H19N3O4. The zero-order chi connectivity index (χ0) is 14.1. The Hall–Kier alpha value is -1.73. The van der Waals surface area contributed by atoms with Gasteiger partial charge in [0.25, 0.3) is 5.69 Å². The first-order valence-corrected chi connectivity index (χ1v) is 6.06. The number of anilines is 1. The van der Waals surface area contributed by atoms with Crippen molar-refractivity contribution in [1.29, 1.82) is 0 Å². The largest absolute Gasteiger partial charge is 0.382 e. The van der Waals surface area contributed by atoms with Gasteiger partial charge in [-0.2, -0.15) is 0 Å². The van der Waals surface area contributed by atoms with E-state index in [9.17, 15) is 10.1 Å². The van der Waals surface area contributed by atoms with Crippen LogP contribution in [0, 0.1) is 17.0 Å². The number of hydrogen-bond donors (Lipinski definition) is 1. The minimum absolute atomic E-state index is 0.0776. The molecule has 1 aromatic rings. The zero-order valence-corrected chi connectivity index (χ0v) is 11.2. The molecule has 0 fully saturated rings. The molecule has 0 unspecified atom stereocenters. The summed E-state index contributed by atoms with van der Waals surface area (Å²) in [5, 5.41) is 13.8. The van der Waals surface area contributed by atoms with E-state index in [2.05, 4.69) is 10.3 Å². The van der Waals surface area contributed by atoms with E-state index in [4.69, 9.17) is 9.47 Å². The van der Waals surface area contributed by atoms with Gasteiger partial charge in [-0.25, -0.2) is 4.98 Å². The van der Waals surface area contributed by atoms with Gasteiger partial charge in [0.2, 0.25) is 0 Å². The fourth-order valence-corrected chi connectivity index (χ4v) is 1.44. The molecular weight excluding hydrogens is 250 g/mol. The predicted octanol–water partition coefficient (Wildman–Crippen LogP) is 1.76. The van der Waals surface area contributed by atoms with E-state index < -0.39 is 4.92 Å². The van der Waals surface area contributed by atoms with Gasteiger partial charge < -0.3 is 14.8 Å². The van der Waals surface area contributed by atoms with Crippen molar-refractivity contribution in [2.75, 3.05) is 38.8 Å². The third-order valence-electron chi connectivity index (χ3n) is 2.47. The summed E-state index contributed by atoms with van der Waals surface area (Å²) in [6.07, 6.45) is 2.29. The van der Waals surface area contributed by atoms with Crippen molar-refractivity contribution in [3.8, 4) is 0 Å². The van der Waals surface area contributed by atoms with Gasteiger partial charge in [0.05, 0.1) is 24.2 Å². The molecule has 1 heterocycles. The van der Waals surface area contributed by atoms with Crippen LogP contribution < -0.4 is 5.32 Å². The number of nitrogens with one attached hydrogen (secondary N) is 1. The van der Waals surface area contributed by atoms with Gasteiger partial charge >= 0.3 is 0 Å². The minimum Gasteiger partial charge on any atom is -0.382 e. The molecule has 7 heteroatoms. The first-order valence-electron chi connectivity index (χ1n) is 6.06. The van der Waals surface area contributed by atoms with Crippen molar-refractivity contribution in [2.45, 2.75) is 13.3 Å². The number of pyridine rings is 1. The number of ether oxygens (including phenoxy) is 2. The fraction of sp³-hybridized carbons (Fsp3) is 0.583. The van der Waals surface area contributed by atoms with Gasteiger partial charge in [-0.3, -0.25) is 10.1 Å². The molecule has 0 spiro atoms. The first-order chi connectivity index (χ1) is 9.15. The summed E-state index contributed by atoms with van der Waals surface area (Å²) in [5.41, 5.74) is 0.632. The van der Waals surface area contributed by atoms with E-state index in [1.165, 1.54) is 12.3 Å². The molecule has 0 amide bonds. The van der Waals surface area contributed by atoms with Crippen LogP contribution in [0.4, 0.5) is 11.5 Å². The Bertz CT molecular complexity index is 412. The Labute approximate surface area is 112 Å². The highest BCUT2D eigenvalue weighted by Gasteiger charge is 2.11. The molecule has 0 radical (unpaired) electrons. The lowest BCUT2D eigenvalue weighted by atomic mass is 10.2. The highest BCUT2D eigenvalue weighted by molar-refractivity contribution is 5.48. The van der Waals surface area contributed by atoms with E-state index in [1.54, 1.807) is 14.0 Å². The molecule has 0 aromatic carbocycles. The molecule has 0 atom stereocenters. The van der Waals surface area contributed by atoms with Gasteiger partial charge in [-0.15, -0.1) is 0 Å². The zero-order valence-electron chi connectivity index (χ0n) is 11.2. The summed E-state index contributed by atoms with van der Waals surface area (Å²) in [7, 11) is 1.63. The van der Waals surface area contributed by atoms with Crippen LogP contribution >= 0.6 is 0 Å². The molecule has 0 aliphatic carbocycles. The summed E-state index contributed by atoms with van der Waals surface area (Å²) in [4.78, 5) is 14.5. The van der Waals surface area contributed by atoms with E-state index in [0.717, 1.165) is 6.42 Å². The van der Waals surface area contributed by atoms with E-state index in [0.29, 0.717) is 37.7 Å². The lowest BCUT2D eigenvalue weighted by molar-refractivity contribution is -0.385. The van der Waals surface area contributed by atoms with Gasteiger partial charge in [0, 0.05) is 32.0 Å². The highest BCUT2D eigenvalue weighted by Crippen LogP contribution is 2.19. The van der Waals surface area contributed by atoms with Crippen molar-refractivity contribution in [3.05, 3.63) is 27.9 Å². The average Bonchev–Trinajstić information content (AvgIpc) is 2.39. The number of nitro groups is 1. The molecule has 0 bridgehead atoms. The maximum atomic E-state index is 10.8. The van der Waals surface area contributed by atoms with Crippen LogP contribution in [0.1, 0.15) is 12.0 Å². The number of rotatable bonds is 9. The molecule has 0 saturated heterocycles. The van der Waals surface area contributed by atoms with Gasteiger partial charge in [-0.05, 0) is 13.3 Å². The maximum Gasteiger partial charge on any atom is 0.277 e. The Kier molecular flexibility index (Phi) is 6.76. The Morgan fingerprint density at radius 3 is 2.89 bits per heavy atom. The van der Waals surface area contributed by atoms with Crippen LogP contribution in [-0.2, 0) is 9.47 Å². The fourth-order valence-electron chi connectivity index (χ4n) is 1.44. The molecule has 1 rings (SSSR count). The lowest BCUT2D eigenvalue weighted by Gasteiger charge is -2.06. The molecule has 1 N–H and O–H groups in total. The summed E-state index contributed by atoms with van der Waals surface area (Å²) in [6, 6.07) is 1.45. The second-order valence-electron chi connectivity index (χ2n) is 4.00. The van der Waals surface area contributed by atoms with Crippen LogP contribution in [-0.4, -0.2) is 43.4 Å². The maximum absolute atomic E-state index is 10.8. The van der Waals surface area contributed by atoms with Crippen LogP contribution in [0.15, 0.2) is 12.3 Å². The first kappa shape index (κ1) is 15.3. The quantitative estimate of drug-likeness (QED) is 0.417. The number of nitrogens with zero attached hydrogens (tertiary/aromatic N) is 2. The molecule has 0 saturated carbocycles. The van der Waals surface area contributed by atoms with Crippen molar-refractivity contribution in [3.63, 3.8) is 0 Å². The van der Waals surface area contributed by atoms with E-state index in [1.807, 2.05) is 0 Å². The Balaban J connectivity index is 2.30. The standard InChI is InChI=1S/C12H19N3O4/c1-10-9-14-12(8-11(10)15(16)17)13-4-3-5-19-7-6-18-2/h8-9H,3-7H2,1-2H3,(H,13,14). The predicted molar refractivity (Wildman–Crippen MR) is 71.4 cm³/mol. The third-order valence-corrected chi connectivity index (χ3v) is 2.47. The summed E-state index contributed by atoms with van der Waals surface area (Å²) in [5.74, 6) is 0.509. The SMILES string of the molecule is COCCOCCCNc1cc([N+](=O)[O-])c(C)cn1. The second-order valence-corrected chi connectivity index (χ2v) is 4.00. The van der Waals surface area contributed by atoms with Gasteiger partial charge in [0.15, 0.2) is 0 Å². The molecule has 7 nitrogen and oxygen atoms in total. The van der Waals surface area contributed by atoms with Gasteiger partial charge in [-0.1, -0.05) is 0 Å². The molecule has 106 valence electrons. The monoisotopic (exact) mass is 269 g/mol. The van der Waals surface area contributed by atoms with Crippen molar-refractivity contribution in [1.82, 2.24) is 4.98 Å².